The molecule has 0 saturated heterocycles. The minimum absolute atomic E-state index is 0. The average Bonchev–Trinajstić information content (AvgIpc) is 4.02. The van der Waals surface area contributed by atoms with Gasteiger partial charge in [0.15, 0.2) is 0 Å². The molecule has 0 aliphatic rings. The zero-order valence-electron chi connectivity index (χ0n) is 43.3. The topological polar surface area (TPSA) is 138 Å². The Morgan fingerprint density at radius 1 is 0.354 bits per heavy atom. The van der Waals surface area contributed by atoms with Crippen LogP contribution in [0.5, 0.6) is 0 Å². The number of aromatic amines is 2. The van der Waals surface area contributed by atoms with Crippen LogP contribution in [0.4, 0.5) is 0 Å². The van der Waals surface area contributed by atoms with Crippen LogP contribution in [0, 0.1) is 0 Å². The van der Waals surface area contributed by atoms with E-state index in [1.54, 1.807) is 0 Å². The fourth-order valence-corrected chi connectivity index (χ4v) is 7.94. The second-order valence-corrected chi connectivity index (χ2v) is 18.5. The first-order valence-corrected chi connectivity index (χ1v) is 27.8. The molecule has 8 nitrogen and oxygen atoms in total. The molecule has 0 amide bonds. The predicted molar refractivity (Wildman–Crippen MR) is 271 cm³/mol. The number of carboxylic acids is 2. The zero-order chi connectivity index (χ0) is 47.1. The first-order chi connectivity index (χ1) is 31.4. The van der Waals surface area contributed by atoms with Crippen LogP contribution < -0.4 is 10.2 Å². The van der Waals surface area contributed by atoms with Crippen molar-refractivity contribution < 1.29 is 36.3 Å². The largest absolute Gasteiger partial charge is 2.00 e. The van der Waals surface area contributed by atoms with Gasteiger partial charge < -0.3 is 29.8 Å². The van der Waals surface area contributed by atoms with Gasteiger partial charge in [-0.25, -0.2) is 9.97 Å². The van der Waals surface area contributed by atoms with Crippen LogP contribution in [0.3, 0.4) is 0 Å². The van der Waals surface area contributed by atoms with E-state index in [9.17, 15) is 19.8 Å². The number of aryl methyl sites for hydroxylation is 2. The van der Waals surface area contributed by atoms with Crippen LogP contribution in [-0.2, 0) is 38.9 Å². The summed E-state index contributed by atoms with van der Waals surface area (Å²) in [5.74, 6) is 0.456. The maximum atomic E-state index is 9.92. The van der Waals surface area contributed by atoms with E-state index >= 15 is 0 Å². The summed E-state index contributed by atoms with van der Waals surface area (Å²) >= 11 is 0. The second kappa shape index (κ2) is 59.9. The summed E-state index contributed by atoms with van der Waals surface area (Å²) in [6.45, 7) is 8.86. The molecule has 0 unspecified atom stereocenters. The van der Waals surface area contributed by atoms with Crippen molar-refractivity contribution in [3.05, 3.63) is 36.4 Å². The van der Waals surface area contributed by atoms with E-state index < -0.39 is 11.9 Å². The molecule has 0 aliphatic carbocycles. The standard InChI is InChI=1S/2C20H38N2.2C8H16O2.Ni/c2*1-2-3-4-5-6-7-8-9-10-11-12-13-14-15-16-17-20-21-18-19-22-20;2*1-2-3-4-5-6-7-8(9)10;/h2*18-19H,2-17H2,1H3,(H,21,22);2*2-7H2,1H3,(H,9,10);/q;;;;+2/p-2. The van der Waals surface area contributed by atoms with E-state index in [4.69, 9.17) is 0 Å². The number of carboxylic acid groups (broad SMARTS) is 2. The predicted octanol–water partition coefficient (Wildman–Crippen LogP) is 15.8. The van der Waals surface area contributed by atoms with E-state index in [0.29, 0.717) is 0 Å². The third-order valence-electron chi connectivity index (χ3n) is 12.1. The Morgan fingerprint density at radius 2 is 0.554 bits per heavy atom. The van der Waals surface area contributed by atoms with Crippen molar-refractivity contribution in [2.45, 2.75) is 310 Å². The van der Waals surface area contributed by atoms with Gasteiger partial charge in [0.2, 0.25) is 0 Å². The van der Waals surface area contributed by atoms with Crippen molar-refractivity contribution in [2.75, 3.05) is 0 Å². The van der Waals surface area contributed by atoms with Gasteiger partial charge in [-0.2, -0.15) is 0 Å². The summed E-state index contributed by atoms with van der Waals surface area (Å²) in [7, 11) is 0. The Balaban J connectivity index is -0.000000837. The molecule has 0 radical (unpaired) electrons. The van der Waals surface area contributed by atoms with Gasteiger partial charge in [0.05, 0.1) is 0 Å². The Bertz CT molecular complexity index is 1040. The van der Waals surface area contributed by atoms with E-state index in [1.807, 2.05) is 24.8 Å². The molecule has 0 atom stereocenters. The van der Waals surface area contributed by atoms with Gasteiger partial charge in [-0.1, -0.05) is 259 Å². The van der Waals surface area contributed by atoms with Gasteiger partial charge >= 0.3 is 16.5 Å². The summed E-state index contributed by atoms with van der Waals surface area (Å²) in [4.78, 5) is 34.7. The molecule has 2 heterocycles. The molecule has 0 aliphatic heterocycles. The Morgan fingerprint density at radius 3 is 0.738 bits per heavy atom. The number of carbonyl (C=O) groups excluding carboxylic acids is 2. The average molecular weight is 958 g/mol. The maximum Gasteiger partial charge on any atom is 2.00 e. The van der Waals surface area contributed by atoms with Crippen LogP contribution in [0.25, 0.3) is 0 Å². The quantitative estimate of drug-likeness (QED) is 0.0501. The molecule has 0 bridgehead atoms. The molecule has 0 aromatic carbocycles. The fourth-order valence-electron chi connectivity index (χ4n) is 7.94. The summed E-state index contributed by atoms with van der Waals surface area (Å²) in [5, 5.41) is 19.8. The molecular weight excluding hydrogens is 851 g/mol. The number of aromatic nitrogens is 4. The molecule has 0 saturated carbocycles. The molecule has 0 spiro atoms. The summed E-state index contributed by atoms with van der Waals surface area (Å²) in [5.41, 5.74) is 0. The van der Waals surface area contributed by atoms with E-state index in [0.717, 1.165) is 63.0 Å². The smallest absolute Gasteiger partial charge is 0.550 e. The van der Waals surface area contributed by atoms with Crippen molar-refractivity contribution >= 4 is 11.9 Å². The number of carbonyl (C=O) groups is 2. The fraction of sp³-hybridized carbons (Fsp3) is 0.857. The molecule has 2 aromatic rings. The van der Waals surface area contributed by atoms with Crippen molar-refractivity contribution in [3.63, 3.8) is 0 Å². The van der Waals surface area contributed by atoms with Gasteiger partial charge in [0.1, 0.15) is 11.6 Å². The monoisotopic (exact) mass is 957 g/mol. The number of H-pyrrole nitrogens is 2. The first-order valence-electron chi connectivity index (χ1n) is 27.8. The van der Waals surface area contributed by atoms with E-state index in [-0.39, 0.29) is 29.3 Å². The van der Waals surface area contributed by atoms with Crippen molar-refractivity contribution in [2.24, 2.45) is 0 Å². The third kappa shape index (κ3) is 61.9. The molecule has 0 fully saturated rings. The van der Waals surface area contributed by atoms with Gasteiger partial charge in [0, 0.05) is 49.6 Å². The molecule has 2 rings (SSSR count). The van der Waals surface area contributed by atoms with Crippen LogP contribution in [-0.4, -0.2) is 31.9 Å². The molecule has 9 heteroatoms. The maximum absolute atomic E-state index is 9.92. The van der Waals surface area contributed by atoms with Gasteiger partial charge in [-0.3, -0.25) is 0 Å². The van der Waals surface area contributed by atoms with Gasteiger partial charge in [-0.05, 0) is 38.5 Å². The third-order valence-corrected chi connectivity index (χ3v) is 12.1. The van der Waals surface area contributed by atoms with Crippen molar-refractivity contribution in [1.29, 1.82) is 0 Å². The molecule has 65 heavy (non-hydrogen) atoms. The number of unbranched alkanes of at least 4 members (excludes halogenated alkanes) is 36. The second-order valence-electron chi connectivity index (χ2n) is 18.5. The molecular formula is C56H106N4NiO4. The van der Waals surface area contributed by atoms with Gasteiger partial charge in [-0.15, -0.1) is 0 Å². The van der Waals surface area contributed by atoms with Crippen LogP contribution in [0.15, 0.2) is 24.8 Å². The number of rotatable bonds is 44. The molecule has 2 aromatic heterocycles. The Hall–Kier alpha value is -2.15. The van der Waals surface area contributed by atoms with Crippen LogP contribution in [0.2, 0.25) is 0 Å². The van der Waals surface area contributed by atoms with E-state index in [2.05, 4.69) is 47.6 Å². The Kier molecular flexibility index (Phi) is 61.8. The van der Waals surface area contributed by atoms with Crippen molar-refractivity contribution in [1.82, 2.24) is 19.9 Å². The molecule has 2 N–H and O–H groups in total. The van der Waals surface area contributed by atoms with Crippen LogP contribution >= 0.6 is 0 Å². The number of nitrogens with one attached hydrogen (secondary N) is 2. The van der Waals surface area contributed by atoms with E-state index in [1.165, 1.54) is 218 Å². The SMILES string of the molecule is CCCCCCCC(=O)[O-].CCCCCCCC(=O)[O-].CCCCCCCCCCCCCCCCCc1ncc[nH]1.CCCCCCCCCCCCCCCCCc1ncc[nH]1.[Ni+2]. The summed E-state index contributed by atoms with van der Waals surface area (Å²) in [6, 6.07) is 0. The summed E-state index contributed by atoms with van der Waals surface area (Å²) in [6.07, 6.45) is 63.8. The number of hydrogen-bond acceptors (Lipinski definition) is 6. The number of aliphatic carboxylic acids is 2. The minimum atomic E-state index is -0.920. The van der Waals surface area contributed by atoms with Crippen molar-refractivity contribution in [3.8, 4) is 0 Å². The normalized spacial score (nSPS) is 10.5. The Labute approximate surface area is 413 Å². The molecule has 384 valence electrons. The number of imidazole rings is 2. The summed E-state index contributed by atoms with van der Waals surface area (Å²) < 4.78 is 0. The minimum Gasteiger partial charge on any atom is -0.550 e. The first kappa shape index (κ1) is 67.1. The van der Waals surface area contributed by atoms with Crippen LogP contribution in [0.1, 0.15) is 309 Å². The zero-order valence-corrected chi connectivity index (χ0v) is 44.3. The number of hydrogen-bond donors (Lipinski definition) is 2. The number of nitrogens with zero attached hydrogens (tertiary/aromatic N) is 2. The van der Waals surface area contributed by atoms with Gasteiger partial charge in [0.25, 0.3) is 0 Å².